The first-order valence-electron chi connectivity index (χ1n) is 9.79. The highest BCUT2D eigenvalue weighted by molar-refractivity contribution is 9.10. The smallest absolute Gasteiger partial charge is 0.191 e. The fourth-order valence-corrected chi connectivity index (χ4v) is 4.31. The van der Waals surface area contributed by atoms with Gasteiger partial charge in [-0.05, 0) is 48.3 Å². The molecule has 0 saturated carbocycles. The van der Waals surface area contributed by atoms with Gasteiger partial charge in [0, 0.05) is 55.8 Å². The van der Waals surface area contributed by atoms with Crippen molar-refractivity contribution >= 4 is 27.6 Å². The Labute approximate surface area is 171 Å². The van der Waals surface area contributed by atoms with Crippen molar-refractivity contribution in [2.45, 2.75) is 31.8 Å². The van der Waals surface area contributed by atoms with Crippen molar-refractivity contribution in [2.75, 3.05) is 57.9 Å². The molecular weight excluding hydrogens is 406 g/mol. The molecule has 2 N–H and O–H groups in total. The zero-order chi connectivity index (χ0) is 19.3. The van der Waals surface area contributed by atoms with Gasteiger partial charge in [-0.15, -0.1) is 0 Å². The SMILES string of the molecule is CN=C(NCC(C)(C)N1CCOCC1)NC1CCN(c2ccccc2Br)C1. The summed E-state index contributed by atoms with van der Waals surface area (Å²) in [5, 5.41) is 7.13. The molecular formula is C20H32BrN5O. The number of guanidine groups is 1. The summed E-state index contributed by atoms with van der Waals surface area (Å²) in [7, 11) is 1.84. The van der Waals surface area contributed by atoms with Crippen molar-refractivity contribution in [2.24, 2.45) is 4.99 Å². The van der Waals surface area contributed by atoms with Gasteiger partial charge in [0.2, 0.25) is 0 Å². The van der Waals surface area contributed by atoms with Gasteiger partial charge in [0.25, 0.3) is 0 Å². The largest absolute Gasteiger partial charge is 0.379 e. The number of hydrogen-bond acceptors (Lipinski definition) is 4. The molecule has 2 heterocycles. The maximum Gasteiger partial charge on any atom is 0.191 e. The summed E-state index contributed by atoms with van der Waals surface area (Å²) < 4.78 is 6.63. The first-order valence-corrected chi connectivity index (χ1v) is 10.6. The van der Waals surface area contributed by atoms with E-state index in [0.717, 1.165) is 62.8 Å². The summed E-state index contributed by atoms with van der Waals surface area (Å²) in [6.07, 6.45) is 1.11. The molecule has 3 rings (SSSR count). The minimum Gasteiger partial charge on any atom is -0.379 e. The van der Waals surface area contributed by atoms with Crippen LogP contribution in [0.2, 0.25) is 0 Å². The van der Waals surface area contributed by atoms with E-state index in [1.54, 1.807) is 0 Å². The summed E-state index contributed by atoms with van der Waals surface area (Å²) in [6.45, 7) is 11.1. The lowest BCUT2D eigenvalue weighted by molar-refractivity contribution is -0.00834. The van der Waals surface area contributed by atoms with E-state index in [-0.39, 0.29) is 5.54 Å². The first-order chi connectivity index (χ1) is 13.0. The van der Waals surface area contributed by atoms with E-state index in [2.05, 4.69) is 79.5 Å². The first kappa shape index (κ1) is 20.4. The second-order valence-electron chi connectivity index (χ2n) is 7.86. The number of para-hydroxylation sites is 1. The summed E-state index contributed by atoms with van der Waals surface area (Å²) in [6, 6.07) is 8.82. The summed E-state index contributed by atoms with van der Waals surface area (Å²) in [5.74, 6) is 0.885. The third kappa shape index (κ3) is 5.36. The molecule has 6 nitrogen and oxygen atoms in total. The molecule has 2 fully saturated rings. The van der Waals surface area contributed by atoms with Crippen molar-refractivity contribution in [3.63, 3.8) is 0 Å². The zero-order valence-corrected chi connectivity index (χ0v) is 18.3. The van der Waals surface area contributed by atoms with Gasteiger partial charge in [-0.1, -0.05) is 12.1 Å². The fraction of sp³-hybridized carbons (Fsp3) is 0.650. The van der Waals surface area contributed by atoms with Crippen LogP contribution in [-0.4, -0.2) is 75.4 Å². The van der Waals surface area contributed by atoms with Crippen LogP contribution in [0.4, 0.5) is 5.69 Å². The van der Waals surface area contributed by atoms with E-state index < -0.39 is 0 Å². The highest BCUT2D eigenvalue weighted by Crippen LogP contribution is 2.28. The molecule has 7 heteroatoms. The van der Waals surface area contributed by atoms with E-state index >= 15 is 0 Å². The zero-order valence-electron chi connectivity index (χ0n) is 16.7. The van der Waals surface area contributed by atoms with E-state index in [9.17, 15) is 0 Å². The minimum atomic E-state index is 0.0675. The van der Waals surface area contributed by atoms with Crippen LogP contribution in [0.1, 0.15) is 20.3 Å². The van der Waals surface area contributed by atoms with Crippen molar-refractivity contribution in [3.05, 3.63) is 28.7 Å². The Balaban J connectivity index is 1.50. The standard InChI is InChI=1S/C20H32BrN5O/c1-20(2,26-10-12-27-13-11-26)15-23-19(22-3)24-16-8-9-25(14-16)18-7-5-4-6-17(18)21/h4-7,16H,8-15H2,1-3H3,(H2,22,23,24). The van der Waals surface area contributed by atoms with Crippen molar-refractivity contribution in [1.82, 2.24) is 15.5 Å². The molecule has 0 aliphatic carbocycles. The Morgan fingerprint density at radius 1 is 1.26 bits per heavy atom. The molecule has 27 heavy (non-hydrogen) atoms. The molecule has 1 atom stereocenters. The van der Waals surface area contributed by atoms with E-state index in [1.165, 1.54) is 5.69 Å². The Morgan fingerprint density at radius 2 is 2.00 bits per heavy atom. The van der Waals surface area contributed by atoms with Crippen LogP contribution in [0.15, 0.2) is 33.7 Å². The fourth-order valence-electron chi connectivity index (χ4n) is 3.77. The van der Waals surface area contributed by atoms with Gasteiger partial charge < -0.3 is 20.3 Å². The van der Waals surface area contributed by atoms with E-state index in [0.29, 0.717) is 6.04 Å². The molecule has 2 aliphatic rings. The van der Waals surface area contributed by atoms with Crippen molar-refractivity contribution < 1.29 is 4.74 Å². The number of morpholine rings is 1. The number of halogens is 1. The second kappa shape index (κ2) is 9.26. The molecule has 1 unspecified atom stereocenters. The van der Waals surface area contributed by atoms with E-state index in [4.69, 9.17) is 4.74 Å². The maximum absolute atomic E-state index is 5.48. The number of aliphatic imine (C=N–C) groups is 1. The highest BCUT2D eigenvalue weighted by Gasteiger charge is 2.29. The van der Waals surface area contributed by atoms with Crippen LogP contribution in [0.25, 0.3) is 0 Å². The number of anilines is 1. The summed E-state index contributed by atoms with van der Waals surface area (Å²) >= 11 is 3.66. The van der Waals surface area contributed by atoms with Crippen LogP contribution in [0.5, 0.6) is 0 Å². The van der Waals surface area contributed by atoms with Crippen LogP contribution < -0.4 is 15.5 Å². The Morgan fingerprint density at radius 3 is 2.70 bits per heavy atom. The molecule has 0 radical (unpaired) electrons. The predicted octanol–water partition coefficient (Wildman–Crippen LogP) is 2.30. The average molecular weight is 438 g/mol. The van der Waals surface area contributed by atoms with Gasteiger partial charge in [-0.2, -0.15) is 0 Å². The number of nitrogens with zero attached hydrogens (tertiary/aromatic N) is 3. The molecule has 1 aromatic carbocycles. The number of benzene rings is 1. The highest BCUT2D eigenvalue weighted by atomic mass is 79.9. The minimum absolute atomic E-state index is 0.0675. The average Bonchev–Trinajstić information content (AvgIpc) is 3.14. The van der Waals surface area contributed by atoms with Gasteiger partial charge >= 0.3 is 0 Å². The molecule has 0 amide bonds. The van der Waals surface area contributed by atoms with E-state index in [1.807, 2.05) is 7.05 Å². The number of hydrogen-bond donors (Lipinski definition) is 2. The molecule has 2 aliphatic heterocycles. The quantitative estimate of drug-likeness (QED) is 0.546. The lowest BCUT2D eigenvalue weighted by Crippen LogP contribution is -2.57. The van der Waals surface area contributed by atoms with Crippen LogP contribution >= 0.6 is 15.9 Å². The second-order valence-corrected chi connectivity index (χ2v) is 8.72. The van der Waals surface area contributed by atoms with Crippen LogP contribution in [0.3, 0.4) is 0 Å². The predicted molar refractivity (Wildman–Crippen MR) is 116 cm³/mol. The normalized spacial score (nSPS) is 22.1. The molecule has 150 valence electrons. The van der Waals surface area contributed by atoms with Gasteiger partial charge in [0.1, 0.15) is 0 Å². The monoisotopic (exact) mass is 437 g/mol. The molecule has 0 spiro atoms. The van der Waals surface area contributed by atoms with Crippen LogP contribution in [-0.2, 0) is 4.74 Å². The molecule has 0 aromatic heterocycles. The Bertz CT molecular complexity index is 645. The molecule has 0 bridgehead atoms. The van der Waals surface area contributed by atoms with Gasteiger partial charge in [-0.3, -0.25) is 9.89 Å². The summed E-state index contributed by atoms with van der Waals surface area (Å²) in [5.41, 5.74) is 1.33. The molecule has 2 saturated heterocycles. The number of rotatable bonds is 5. The molecule has 1 aromatic rings. The van der Waals surface area contributed by atoms with Crippen molar-refractivity contribution in [3.8, 4) is 0 Å². The topological polar surface area (TPSA) is 52.1 Å². The maximum atomic E-state index is 5.48. The lowest BCUT2D eigenvalue weighted by Gasteiger charge is -2.41. The van der Waals surface area contributed by atoms with Crippen molar-refractivity contribution in [1.29, 1.82) is 0 Å². The van der Waals surface area contributed by atoms with Gasteiger partial charge in [0.15, 0.2) is 5.96 Å². The Hall–Kier alpha value is -1.31. The third-order valence-electron chi connectivity index (χ3n) is 5.50. The van der Waals surface area contributed by atoms with Gasteiger partial charge in [0.05, 0.1) is 18.9 Å². The Kier molecular flexibility index (Phi) is 7.00. The third-order valence-corrected chi connectivity index (χ3v) is 6.17. The van der Waals surface area contributed by atoms with Crippen LogP contribution in [0, 0.1) is 0 Å². The number of ether oxygens (including phenoxy) is 1. The van der Waals surface area contributed by atoms with Gasteiger partial charge in [-0.25, -0.2) is 0 Å². The lowest BCUT2D eigenvalue weighted by atomic mass is 10.0. The summed E-state index contributed by atoms with van der Waals surface area (Å²) in [4.78, 5) is 9.35. The number of nitrogens with one attached hydrogen (secondary N) is 2.